The van der Waals surface area contributed by atoms with Crippen molar-refractivity contribution in [1.29, 1.82) is 0 Å². The van der Waals surface area contributed by atoms with E-state index in [1.807, 2.05) is 6.07 Å². The molecule has 1 aromatic carbocycles. The molecule has 1 unspecified atom stereocenters. The van der Waals surface area contributed by atoms with E-state index in [2.05, 4.69) is 4.98 Å². The second-order valence-electron chi connectivity index (χ2n) is 6.94. The highest BCUT2D eigenvalue weighted by molar-refractivity contribution is 6.06. The third-order valence-corrected chi connectivity index (χ3v) is 5.56. The molecule has 2 aliphatic heterocycles. The van der Waals surface area contributed by atoms with E-state index in [9.17, 15) is 14.7 Å². The molecule has 2 N–H and O–H groups in total. The van der Waals surface area contributed by atoms with Crippen molar-refractivity contribution < 1.29 is 14.6 Å². The maximum Gasteiger partial charge on any atom is 0.255 e. The Labute approximate surface area is 145 Å². The second kappa shape index (κ2) is 6.28. The van der Waals surface area contributed by atoms with E-state index < -0.39 is 11.7 Å². The lowest BCUT2D eigenvalue weighted by Crippen LogP contribution is -2.56. The normalized spacial score (nSPS) is 23.1. The first kappa shape index (κ1) is 16.3. The van der Waals surface area contributed by atoms with E-state index in [4.69, 9.17) is 4.74 Å². The van der Waals surface area contributed by atoms with Gasteiger partial charge in [0.15, 0.2) is 0 Å². The van der Waals surface area contributed by atoms with Crippen LogP contribution < -0.4 is 5.56 Å². The standard InChI is InChI=1S/C19H22N2O4/c22-16-6-3-11-25-19(16)7-9-21(10-8-19)18(24)15-12-20-17(23)14-5-2-1-4-13(14)15/h1-2,4-5,12,16,22H,3,6-11H2,(H,20,23). The number of likely N-dealkylation sites (tertiary alicyclic amines) is 1. The minimum absolute atomic E-state index is 0.0902. The van der Waals surface area contributed by atoms with Crippen LogP contribution in [0, 0.1) is 0 Å². The molecule has 0 aliphatic carbocycles. The minimum Gasteiger partial charge on any atom is -0.390 e. The Morgan fingerprint density at radius 3 is 2.68 bits per heavy atom. The van der Waals surface area contributed by atoms with Gasteiger partial charge in [-0.1, -0.05) is 18.2 Å². The number of aromatic amines is 1. The van der Waals surface area contributed by atoms with Crippen molar-refractivity contribution in [2.24, 2.45) is 0 Å². The molecule has 0 radical (unpaired) electrons. The first-order valence-electron chi connectivity index (χ1n) is 8.82. The number of aliphatic hydroxyl groups is 1. The van der Waals surface area contributed by atoms with Crippen LogP contribution in [0.15, 0.2) is 35.3 Å². The number of ether oxygens (including phenoxy) is 1. The number of benzene rings is 1. The molecule has 1 spiro atoms. The van der Waals surface area contributed by atoms with Crippen LogP contribution in [0.3, 0.4) is 0 Å². The van der Waals surface area contributed by atoms with Gasteiger partial charge in [-0.2, -0.15) is 0 Å². The summed E-state index contributed by atoms with van der Waals surface area (Å²) in [5.41, 5.74) is -0.179. The first-order valence-corrected chi connectivity index (χ1v) is 8.82. The number of amides is 1. The van der Waals surface area contributed by atoms with Gasteiger partial charge < -0.3 is 19.7 Å². The number of H-pyrrole nitrogens is 1. The minimum atomic E-state index is -0.498. The lowest BCUT2D eigenvalue weighted by Gasteiger charge is -2.46. The molecule has 1 aromatic heterocycles. The quantitative estimate of drug-likeness (QED) is 0.826. The molecule has 4 rings (SSSR count). The Balaban J connectivity index is 1.57. The molecule has 2 aromatic rings. The smallest absolute Gasteiger partial charge is 0.255 e. The number of fused-ring (bicyclic) bond motifs is 1. The third-order valence-electron chi connectivity index (χ3n) is 5.56. The maximum absolute atomic E-state index is 13.0. The molecule has 1 atom stereocenters. The molecule has 3 heterocycles. The van der Waals surface area contributed by atoms with Gasteiger partial charge in [0.1, 0.15) is 0 Å². The van der Waals surface area contributed by atoms with Crippen LogP contribution >= 0.6 is 0 Å². The molecular weight excluding hydrogens is 320 g/mol. The highest BCUT2D eigenvalue weighted by Gasteiger charge is 2.44. The average Bonchev–Trinajstić information content (AvgIpc) is 2.65. The Hall–Kier alpha value is -2.18. The van der Waals surface area contributed by atoms with E-state index in [0.29, 0.717) is 48.9 Å². The number of hydrogen-bond donors (Lipinski definition) is 2. The molecule has 2 aliphatic rings. The molecule has 25 heavy (non-hydrogen) atoms. The summed E-state index contributed by atoms with van der Waals surface area (Å²) in [5.74, 6) is -0.0902. The van der Waals surface area contributed by atoms with Crippen molar-refractivity contribution in [3.63, 3.8) is 0 Å². The average molecular weight is 342 g/mol. The summed E-state index contributed by atoms with van der Waals surface area (Å²) in [6.45, 7) is 1.77. The van der Waals surface area contributed by atoms with E-state index >= 15 is 0 Å². The highest BCUT2D eigenvalue weighted by atomic mass is 16.5. The van der Waals surface area contributed by atoms with Gasteiger partial charge in [0.2, 0.25) is 0 Å². The van der Waals surface area contributed by atoms with Crippen LogP contribution in [0.2, 0.25) is 0 Å². The number of carbonyl (C=O) groups excluding carboxylic acids is 1. The van der Waals surface area contributed by atoms with Crippen LogP contribution in [-0.2, 0) is 4.74 Å². The van der Waals surface area contributed by atoms with Gasteiger partial charge >= 0.3 is 0 Å². The van der Waals surface area contributed by atoms with Crippen molar-refractivity contribution in [1.82, 2.24) is 9.88 Å². The Kier molecular flexibility index (Phi) is 4.09. The molecule has 1 amide bonds. The fraction of sp³-hybridized carbons (Fsp3) is 0.474. The molecule has 2 saturated heterocycles. The van der Waals surface area contributed by atoms with Crippen LogP contribution in [0.1, 0.15) is 36.0 Å². The van der Waals surface area contributed by atoms with Gasteiger partial charge in [-0.05, 0) is 31.7 Å². The molecule has 6 nitrogen and oxygen atoms in total. The Morgan fingerprint density at radius 1 is 1.24 bits per heavy atom. The van der Waals surface area contributed by atoms with Crippen LogP contribution in [0.4, 0.5) is 0 Å². The number of nitrogens with one attached hydrogen (secondary N) is 1. The Bertz CT molecular complexity index is 852. The number of aliphatic hydroxyl groups excluding tert-OH is 1. The molecule has 2 fully saturated rings. The number of aromatic nitrogens is 1. The van der Waals surface area contributed by atoms with E-state index in [-0.39, 0.29) is 11.5 Å². The summed E-state index contributed by atoms with van der Waals surface area (Å²) in [6, 6.07) is 7.15. The lowest BCUT2D eigenvalue weighted by molar-refractivity contribution is -0.174. The molecule has 6 heteroatoms. The molecule has 0 bridgehead atoms. The number of rotatable bonds is 1. The van der Waals surface area contributed by atoms with Crippen molar-refractivity contribution in [3.8, 4) is 0 Å². The van der Waals surface area contributed by atoms with Gasteiger partial charge in [-0.25, -0.2) is 0 Å². The zero-order valence-corrected chi connectivity index (χ0v) is 14.0. The van der Waals surface area contributed by atoms with Gasteiger partial charge in [0.25, 0.3) is 11.5 Å². The third kappa shape index (κ3) is 2.75. The van der Waals surface area contributed by atoms with Crippen molar-refractivity contribution in [2.75, 3.05) is 19.7 Å². The molecule has 0 saturated carbocycles. The van der Waals surface area contributed by atoms with Gasteiger partial charge in [0, 0.05) is 36.7 Å². The first-order chi connectivity index (χ1) is 12.1. The topological polar surface area (TPSA) is 82.6 Å². The summed E-state index contributed by atoms with van der Waals surface area (Å²) in [5, 5.41) is 11.5. The van der Waals surface area contributed by atoms with Gasteiger partial charge in [-0.15, -0.1) is 0 Å². The second-order valence-corrected chi connectivity index (χ2v) is 6.94. The summed E-state index contributed by atoms with van der Waals surface area (Å²) >= 11 is 0. The Morgan fingerprint density at radius 2 is 1.96 bits per heavy atom. The molecular formula is C19H22N2O4. The zero-order chi connectivity index (χ0) is 17.4. The highest BCUT2D eigenvalue weighted by Crippen LogP contribution is 2.35. The number of hydrogen-bond acceptors (Lipinski definition) is 4. The number of pyridine rings is 1. The predicted molar refractivity (Wildman–Crippen MR) is 93.6 cm³/mol. The van der Waals surface area contributed by atoms with Crippen molar-refractivity contribution in [2.45, 2.75) is 37.4 Å². The van der Waals surface area contributed by atoms with Crippen molar-refractivity contribution in [3.05, 3.63) is 46.4 Å². The number of piperidine rings is 1. The summed E-state index contributed by atoms with van der Waals surface area (Å²) in [4.78, 5) is 29.4. The van der Waals surface area contributed by atoms with Crippen molar-refractivity contribution >= 4 is 16.7 Å². The van der Waals surface area contributed by atoms with Crippen LogP contribution in [0.5, 0.6) is 0 Å². The summed E-state index contributed by atoms with van der Waals surface area (Å²) < 4.78 is 5.90. The maximum atomic E-state index is 13.0. The van der Waals surface area contributed by atoms with Crippen LogP contribution in [0.25, 0.3) is 10.8 Å². The van der Waals surface area contributed by atoms with Gasteiger partial charge in [0.05, 0.1) is 17.3 Å². The fourth-order valence-corrected chi connectivity index (χ4v) is 4.03. The molecule has 132 valence electrons. The zero-order valence-electron chi connectivity index (χ0n) is 14.0. The van der Waals surface area contributed by atoms with E-state index in [0.717, 1.165) is 12.8 Å². The van der Waals surface area contributed by atoms with E-state index in [1.54, 1.807) is 23.1 Å². The largest absolute Gasteiger partial charge is 0.390 e. The predicted octanol–water partition coefficient (Wildman–Crippen LogP) is 1.67. The monoisotopic (exact) mass is 342 g/mol. The number of carbonyl (C=O) groups is 1. The fourth-order valence-electron chi connectivity index (χ4n) is 4.03. The summed E-state index contributed by atoms with van der Waals surface area (Å²) in [7, 11) is 0. The van der Waals surface area contributed by atoms with E-state index in [1.165, 1.54) is 6.20 Å². The SMILES string of the molecule is O=C(c1c[nH]c(=O)c2ccccc12)N1CCC2(CC1)OCCCC2O. The van der Waals surface area contributed by atoms with Gasteiger partial charge in [-0.3, -0.25) is 9.59 Å². The number of nitrogens with zero attached hydrogens (tertiary/aromatic N) is 1. The van der Waals surface area contributed by atoms with Crippen LogP contribution in [-0.4, -0.2) is 52.3 Å². The lowest BCUT2D eigenvalue weighted by atomic mass is 9.82. The summed E-state index contributed by atoms with van der Waals surface area (Å²) in [6.07, 6.45) is 3.98.